The van der Waals surface area contributed by atoms with E-state index in [2.05, 4.69) is 13.8 Å². The maximum absolute atomic E-state index is 11.9. The molecule has 0 fully saturated rings. The summed E-state index contributed by atoms with van der Waals surface area (Å²) < 4.78 is 15.6. The summed E-state index contributed by atoms with van der Waals surface area (Å²) in [4.78, 5) is 23.7. The summed E-state index contributed by atoms with van der Waals surface area (Å²) in [6.07, 6.45) is 10.9. The van der Waals surface area contributed by atoms with Crippen molar-refractivity contribution in [2.75, 3.05) is 13.2 Å². The molecular weight excluding hydrogens is 320 g/mol. The molecular formula is C20H32O5. The molecule has 0 aliphatic carbocycles. The number of unbranched alkanes of at least 4 members (excludes halogenated alkanes) is 8. The van der Waals surface area contributed by atoms with Gasteiger partial charge in [-0.2, -0.15) is 0 Å². The minimum Gasteiger partial charge on any atom is -0.460 e. The van der Waals surface area contributed by atoms with Crippen molar-refractivity contribution in [3.05, 3.63) is 23.7 Å². The fourth-order valence-electron chi connectivity index (χ4n) is 2.44. The molecule has 5 heteroatoms. The first-order chi connectivity index (χ1) is 12.2. The first kappa shape index (κ1) is 21.3. The van der Waals surface area contributed by atoms with E-state index in [4.69, 9.17) is 13.9 Å². The highest BCUT2D eigenvalue weighted by atomic mass is 16.6. The van der Waals surface area contributed by atoms with E-state index < -0.39 is 11.9 Å². The Hall–Kier alpha value is -1.78. The lowest BCUT2D eigenvalue weighted by Gasteiger charge is -2.03. The monoisotopic (exact) mass is 352 g/mol. The van der Waals surface area contributed by atoms with Crippen molar-refractivity contribution in [3.63, 3.8) is 0 Å². The molecule has 0 aliphatic rings. The van der Waals surface area contributed by atoms with Crippen LogP contribution in [0.5, 0.6) is 0 Å². The van der Waals surface area contributed by atoms with Crippen LogP contribution in [-0.4, -0.2) is 25.2 Å². The molecule has 142 valence electrons. The van der Waals surface area contributed by atoms with Gasteiger partial charge < -0.3 is 13.9 Å². The van der Waals surface area contributed by atoms with Crippen molar-refractivity contribution >= 4 is 11.9 Å². The quantitative estimate of drug-likeness (QED) is 0.325. The molecule has 5 nitrogen and oxygen atoms in total. The minimum absolute atomic E-state index is 0.0449. The van der Waals surface area contributed by atoms with E-state index in [1.807, 2.05) is 0 Å². The fourth-order valence-corrected chi connectivity index (χ4v) is 2.44. The molecule has 0 unspecified atom stereocenters. The highest BCUT2D eigenvalue weighted by Crippen LogP contribution is 2.12. The number of hydrogen-bond acceptors (Lipinski definition) is 5. The van der Waals surface area contributed by atoms with Crippen molar-refractivity contribution in [3.8, 4) is 0 Å². The largest absolute Gasteiger partial charge is 0.460 e. The summed E-state index contributed by atoms with van der Waals surface area (Å²) in [6.45, 7) is 5.07. The van der Waals surface area contributed by atoms with Gasteiger partial charge in [0.1, 0.15) is 0 Å². The van der Waals surface area contributed by atoms with Gasteiger partial charge in [0.15, 0.2) is 0 Å². The predicted octanol–water partition coefficient (Wildman–Crippen LogP) is 5.53. The molecule has 1 aromatic rings. The summed E-state index contributed by atoms with van der Waals surface area (Å²) in [6, 6.07) is 2.91. The summed E-state index contributed by atoms with van der Waals surface area (Å²) in [7, 11) is 0. The number of ether oxygens (including phenoxy) is 2. The number of hydrogen-bond donors (Lipinski definition) is 0. The Morgan fingerprint density at radius 3 is 1.52 bits per heavy atom. The van der Waals surface area contributed by atoms with Crippen LogP contribution >= 0.6 is 0 Å². The second kappa shape index (κ2) is 13.5. The molecule has 25 heavy (non-hydrogen) atoms. The molecule has 0 aromatic carbocycles. The van der Waals surface area contributed by atoms with Gasteiger partial charge >= 0.3 is 11.9 Å². The Labute approximate surface area is 151 Å². The molecule has 1 heterocycles. The zero-order valence-electron chi connectivity index (χ0n) is 15.7. The van der Waals surface area contributed by atoms with E-state index in [9.17, 15) is 9.59 Å². The molecule has 0 N–H and O–H groups in total. The molecule has 0 saturated heterocycles. The lowest BCUT2D eigenvalue weighted by Crippen LogP contribution is -2.07. The molecule has 0 spiro atoms. The Morgan fingerprint density at radius 1 is 0.720 bits per heavy atom. The normalized spacial score (nSPS) is 10.6. The number of carbonyl (C=O) groups excluding carboxylic acids is 2. The van der Waals surface area contributed by atoms with Crippen LogP contribution in [0, 0.1) is 0 Å². The van der Waals surface area contributed by atoms with E-state index in [1.165, 1.54) is 37.8 Å². The van der Waals surface area contributed by atoms with Gasteiger partial charge in [-0.1, -0.05) is 65.2 Å². The number of esters is 2. The maximum Gasteiger partial charge on any atom is 0.374 e. The van der Waals surface area contributed by atoms with Crippen molar-refractivity contribution in [1.82, 2.24) is 0 Å². The van der Waals surface area contributed by atoms with Crippen molar-refractivity contribution in [1.29, 1.82) is 0 Å². The first-order valence-corrected chi connectivity index (χ1v) is 9.63. The molecule has 1 rings (SSSR count). The van der Waals surface area contributed by atoms with Crippen LogP contribution in [-0.2, 0) is 9.47 Å². The zero-order chi connectivity index (χ0) is 18.3. The molecule has 0 aliphatic heterocycles. The van der Waals surface area contributed by atoms with Gasteiger partial charge in [0, 0.05) is 0 Å². The van der Waals surface area contributed by atoms with E-state index in [0.717, 1.165) is 38.5 Å². The summed E-state index contributed by atoms with van der Waals surface area (Å²) in [5, 5.41) is 0. The van der Waals surface area contributed by atoms with Gasteiger partial charge in [0.25, 0.3) is 0 Å². The third-order valence-corrected chi connectivity index (χ3v) is 3.97. The van der Waals surface area contributed by atoms with Gasteiger partial charge in [0.2, 0.25) is 11.5 Å². The molecule has 0 saturated carbocycles. The van der Waals surface area contributed by atoms with Crippen molar-refractivity contribution < 1.29 is 23.5 Å². The lowest BCUT2D eigenvalue weighted by molar-refractivity contribution is 0.0427. The average molecular weight is 352 g/mol. The van der Waals surface area contributed by atoms with Crippen LogP contribution in [0.25, 0.3) is 0 Å². The van der Waals surface area contributed by atoms with Crippen molar-refractivity contribution in [2.45, 2.75) is 78.1 Å². The Morgan fingerprint density at radius 2 is 1.12 bits per heavy atom. The van der Waals surface area contributed by atoms with Gasteiger partial charge in [-0.15, -0.1) is 0 Å². The smallest absolute Gasteiger partial charge is 0.374 e. The van der Waals surface area contributed by atoms with Crippen LogP contribution in [0.2, 0.25) is 0 Å². The second-order valence-electron chi connectivity index (χ2n) is 6.26. The lowest BCUT2D eigenvalue weighted by atomic mass is 10.2. The second-order valence-corrected chi connectivity index (χ2v) is 6.26. The van der Waals surface area contributed by atoms with E-state index in [1.54, 1.807) is 0 Å². The van der Waals surface area contributed by atoms with Crippen LogP contribution in [0.3, 0.4) is 0 Å². The summed E-state index contributed by atoms with van der Waals surface area (Å²) in [5.41, 5.74) is 0. The molecule has 0 amide bonds. The Kier molecular flexibility index (Phi) is 11.5. The number of furan rings is 1. The van der Waals surface area contributed by atoms with Gasteiger partial charge in [-0.25, -0.2) is 9.59 Å². The third kappa shape index (κ3) is 9.32. The minimum atomic E-state index is -0.533. The van der Waals surface area contributed by atoms with Crippen LogP contribution in [0.15, 0.2) is 16.5 Å². The molecule has 0 bridgehead atoms. The average Bonchev–Trinajstić information content (AvgIpc) is 3.11. The van der Waals surface area contributed by atoms with Gasteiger partial charge in [0.05, 0.1) is 13.2 Å². The maximum atomic E-state index is 11.9. The van der Waals surface area contributed by atoms with E-state index >= 15 is 0 Å². The predicted molar refractivity (Wildman–Crippen MR) is 96.8 cm³/mol. The first-order valence-electron chi connectivity index (χ1n) is 9.63. The fraction of sp³-hybridized carbons (Fsp3) is 0.700. The summed E-state index contributed by atoms with van der Waals surface area (Å²) in [5.74, 6) is -0.977. The molecule has 0 atom stereocenters. The Bertz CT molecular complexity index is 450. The molecule has 1 aromatic heterocycles. The van der Waals surface area contributed by atoms with Crippen LogP contribution < -0.4 is 0 Å². The SMILES string of the molecule is CCCCCCCOC(=O)c1ccc(C(=O)OCCCCCCC)o1. The molecule has 0 radical (unpaired) electrons. The van der Waals surface area contributed by atoms with Gasteiger partial charge in [-0.05, 0) is 25.0 Å². The summed E-state index contributed by atoms with van der Waals surface area (Å²) >= 11 is 0. The third-order valence-electron chi connectivity index (χ3n) is 3.97. The standard InChI is InChI=1S/C20H32O5/c1-3-5-7-9-11-15-23-19(21)17-13-14-18(25-17)20(22)24-16-12-10-8-6-4-2/h13-14H,3-12,15-16H2,1-2H3. The van der Waals surface area contributed by atoms with Crippen molar-refractivity contribution in [2.24, 2.45) is 0 Å². The van der Waals surface area contributed by atoms with Gasteiger partial charge in [-0.3, -0.25) is 0 Å². The van der Waals surface area contributed by atoms with E-state index in [0.29, 0.717) is 13.2 Å². The zero-order valence-corrected chi connectivity index (χ0v) is 15.7. The number of carbonyl (C=O) groups is 2. The highest BCUT2D eigenvalue weighted by molar-refractivity contribution is 5.90. The topological polar surface area (TPSA) is 65.7 Å². The van der Waals surface area contributed by atoms with Crippen LogP contribution in [0.1, 0.15) is 99.2 Å². The number of rotatable bonds is 14. The van der Waals surface area contributed by atoms with Crippen LogP contribution in [0.4, 0.5) is 0 Å². The highest BCUT2D eigenvalue weighted by Gasteiger charge is 2.17. The Balaban J connectivity index is 2.23. The van der Waals surface area contributed by atoms with E-state index in [-0.39, 0.29) is 11.5 Å².